The average molecular weight is 480 g/mol. The number of carboxylic acids is 1. The number of imidazole rings is 1. The van der Waals surface area contributed by atoms with E-state index in [9.17, 15) is 14.3 Å². The highest BCUT2D eigenvalue weighted by atomic mass is 19.1. The smallest absolute Gasteiger partial charge is 0.335 e. The molecule has 8 heteroatoms. The molecule has 0 bridgehead atoms. The van der Waals surface area contributed by atoms with Gasteiger partial charge in [-0.05, 0) is 53.1 Å². The zero-order valence-corrected chi connectivity index (χ0v) is 18.8. The van der Waals surface area contributed by atoms with Crippen LogP contribution in [0.3, 0.4) is 0 Å². The molecule has 0 amide bonds. The Kier molecular flexibility index (Phi) is 5.97. The molecular weight excluding hydrogens is 462 g/mol. The second-order valence-corrected chi connectivity index (χ2v) is 8.29. The summed E-state index contributed by atoms with van der Waals surface area (Å²) in [4.78, 5) is 23.3. The van der Waals surface area contributed by atoms with Gasteiger partial charge in [-0.25, -0.2) is 18.6 Å². The number of hydrogen-bond acceptors (Lipinski definition) is 4. The van der Waals surface area contributed by atoms with Crippen molar-refractivity contribution in [2.75, 3.05) is 0 Å². The first-order valence-corrected chi connectivity index (χ1v) is 11.0. The van der Waals surface area contributed by atoms with Crippen LogP contribution in [0.2, 0.25) is 0 Å². The zero-order chi connectivity index (χ0) is 25.2. The van der Waals surface area contributed by atoms with Crippen LogP contribution < -0.4 is 0 Å². The minimum Gasteiger partial charge on any atom is -0.478 e. The molecule has 0 saturated heterocycles. The van der Waals surface area contributed by atoms with E-state index in [0.717, 1.165) is 0 Å². The van der Waals surface area contributed by atoms with Crippen LogP contribution >= 0.6 is 0 Å². The maximum atomic E-state index is 15.2. The molecule has 5 aromatic rings. The van der Waals surface area contributed by atoms with E-state index in [2.05, 4.69) is 15.0 Å². The van der Waals surface area contributed by atoms with Crippen LogP contribution in [0.4, 0.5) is 8.78 Å². The van der Waals surface area contributed by atoms with E-state index in [-0.39, 0.29) is 24.0 Å². The monoisotopic (exact) mass is 480 g/mol. The maximum Gasteiger partial charge on any atom is 0.335 e. The van der Waals surface area contributed by atoms with Crippen LogP contribution in [-0.2, 0) is 12.8 Å². The largest absolute Gasteiger partial charge is 0.478 e. The van der Waals surface area contributed by atoms with Gasteiger partial charge in [0.05, 0.1) is 40.3 Å². The van der Waals surface area contributed by atoms with Crippen LogP contribution in [0.1, 0.15) is 38.2 Å². The Morgan fingerprint density at radius 3 is 2.58 bits per heavy atom. The average Bonchev–Trinajstić information content (AvgIpc) is 3.36. The number of benzene rings is 3. The molecule has 0 atom stereocenters. The highest BCUT2D eigenvalue weighted by Gasteiger charge is 2.19. The number of hydrogen-bond donors (Lipinski definition) is 2. The number of rotatable bonds is 6. The number of fused-ring (bicyclic) bond motifs is 1. The number of aromatic nitrogens is 3. The Labute approximate surface area is 204 Å². The number of aromatic amines is 1. The molecule has 0 aliphatic heterocycles. The fourth-order valence-corrected chi connectivity index (χ4v) is 4.32. The lowest BCUT2D eigenvalue weighted by Crippen LogP contribution is -2.04. The van der Waals surface area contributed by atoms with E-state index >= 15 is 4.39 Å². The quantitative estimate of drug-likeness (QED) is 0.327. The summed E-state index contributed by atoms with van der Waals surface area (Å²) in [5.41, 5.74) is 4.32. The summed E-state index contributed by atoms with van der Waals surface area (Å²) in [7, 11) is 0. The van der Waals surface area contributed by atoms with Gasteiger partial charge in [0, 0.05) is 30.2 Å². The number of H-pyrrole nitrogens is 1. The van der Waals surface area contributed by atoms with Crippen molar-refractivity contribution in [3.8, 4) is 17.3 Å². The number of pyridine rings is 1. The summed E-state index contributed by atoms with van der Waals surface area (Å²) in [5.74, 6) is -2.08. The van der Waals surface area contributed by atoms with Crippen molar-refractivity contribution in [3.63, 3.8) is 0 Å². The Hall–Kier alpha value is -4.90. The van der Waals surface area contributed by atoms with Crippen molar-refractivity contribution >= 4 is 17.0 Å². The molecule has 2 N–H and O–H groups in total. The summed E-state index contributed by atoms with van der Waals surface area (Å²) in [6.07, 6.45) is 3.31. The van der Waals surface area contributed by atoms with Crippen LogP contribution in [0, 0.1) is 23.0 Å². The lowest BCUT2D eigenvalue weighted by molar-refractivity contribution is 0.0697. The van der Waals surface area contributed by atoms with Crippen LogP contribution in [0.5, 0.6) is 0 Å². The Bertz CT molecular complexity index is 1670. The molecule has 176 valence electrons. The molecule has 0 spiro atoms. The van der Waals surface area contributed by atoms with E-state index in [1.165, 1.54) is 30.6 Å². The molecule has 0 radical (unpaired) electrons. The standard InChI is InChI=1S/C28H18F2N4O2/c29-23-5-1-4-21(22(23)12-19-11-20(28(35)36)13-25-27(19)34-15-33-25)26-18(3-2-8-32-26)10-17-7-6-16(14-31)9-24(17)30/h1-9,11,13,15H,10,12H2,(H,33,34)(H,35,36). The second kappa shape index (κ2) is 9.39. The summed E-state index contributed by atoms with van der Waals surface area (Å²) in [6.45, 7) is 0. The molecule has 36 heavy (non-hydrogen) atoms. The van der Waals surface area contributed by atoms with Gasteiger partial charge in [-0.1, -0.05) is 24.3 Å². The Balaban J connectivity index is 1.60. The first kappa shape index (κ1) is 22.9. The zero-order valence-electron chi connectivity index (χ0n) is 18.8. The number of nitrogens with one attached hydrogen (secondary N) is 1. The number of aromatic carboxylic acids is 1. The second-order valence-electron chi connectivity index (χ2n) is 8.29. The van der Waals surface area contributed by atoms with Crippen molar-refractivity contribution in [1.82, 2.24) is 15.0 Å². The number of carbonyl (C=O) groups is 1. The molecule has 5 rings (SSSR count). The van der Waals surface area contributed by atoms with Crippen molar-refractivity contribution < 1.29 is 18.7 Å². The number of carboxylic acid groups (broad SMARTS) is 1. The summed E-state index contributed by atoms with van der Waals surface area (Å²) < 4.78 is 29.9. The first-order valence-electron chi connectivity index (χ1n) is 11.0. The van der Waals surface area contributed by atoms with Gasteiger partial charge in [0.15, 0.2) is 0 Å². The topological polar surface area (TPSA) is 103 Å². The van der Waals surface area contributed by atoms with E-state index in [1.54, 1.807) is 42.6 Å². The van der Waals surface area contributed by atoms with Crippen LogP contribution in [-0.4, -0.2) is 26.0 Å². The molecule has 6 nitrogen and oxygen atoms in total. The fraction of sp³-hybridized carbons (Fsp3) is 0.0714. The normalized spacial score (nSPS) is 10.9. The predicted octanol–water partition coefficient (Wildman–Crippen LogP) is 5.65. The molecule has 0 saturated carbocycles. The lowest BCUT2D eigenvalue weighted by Gasteiger charge is -2.15. The third-order valence-corrected chi connectivity index (χ3v) is 6.05. The van der Waals surface area contributed by atoms with E-state index in [0.29, 0.717) is 44.5 Å². The lowest BCUT2D eigenvalue weighted by atomic mass is 9.92. The summed E-state index contributed by atoms with van der Waals surface area (Å²) in [6, 6.07) is 17.4. The minimum atomic E-state index is -1.10. The maximum absolute atomic E-state index is 15.2. The van der Waals surface area contributed by atoms with Gasteiger partial charge in [0.1, 0.15) is 11.6 Å². The molecular formula is C28H18F2N4O2. The fourth-order valence-electron chi connectivity index (χ4n) is 4.32. The Morgan fingerprint density at radius 1 is 0.944 bits per heavy atom. The highest BCUT2D eigenvalue weighted by Crippen LogP contribution is 2.32. The van der Waals surface area contributed by atoms with Gasteiger partial charge in [0.2, 0.25) is 0 Å². The molecule has 0 fully saturated rings. The number of nitrogens with zero attached hydrogens (tertiary/aromatic N) is 3. The van der Waals surface area contributed by atoms with Crippen LogP contribution in [0.25, 0.3) is 22.3 Å². The first-order chi connectivity index (χ1) is 17.4. The molecule has 0 aliphatic rings. The molecule has 0 aliphatic carbocycles. The predicted molar refractivity (Wildman–Crippen MR) is 129 cm³/mol. The Morgan fingerprint density at radius 2 is 1.81 bits per heavy atom. The van der Waals surface area contributed by atoms with Gasteiger partial charge in [-0.2, -0.15) is 5.26 Å². The van der Waals surface area contributed by atoms with Gasteiger partial charge in [0.25, 0.3) is 0 Å². The highest BCUT2D eigenvalue weighted by molar-refractivity contribution is 5.93. The van der Waals surface area contributed by atoms with Crippen LogP contribution in [0.15, 0.2) is 73.2 Å². The molecule has 2 heterocycles. The van der Waals surface area contributed by atoms with Crippen molar-refractivity contribution in [1.29, 1.82) is 5.26 Å². The molecule has 3 aromatic carbocycles. The van der Waals surface area contributed by atoms with E-state index in [4.69, 9.17) is 5.26 Å². The summed E-state index contributed by atoms with van der Waals surface area (Å²) >= 11 is 0. The van der Waals surface area contributed by atoms with Gasteiger partial charge in [-0.3, -0.25) is 4.98 Å². The number of nitriles is 1. The van der Waals surface area contributed by atoms with Gasteiger partial charge < -0.3 is 10.1 Å². The van der Waals surface area contributed by atoms with E-state index in [1.807, 2.05) is 6.07 Å². The van der Waals surface area contributed by atoms with Crippen molar-refractivity contribution in [3.05, 3.63) is 118 Å². The van der Waals surface area contributed by atoms with Crippen molar-refractivity contribution in [2.45, 2.75) is 12.8 Å². The van der Waals surface area contributed by atoms with Crippen molar-refractivity contribution in [2.24, 2.45) is 0 Å². The third kappa shape index (κ3) is 4.30. The molecule has 2 aromatic heterocycles. The van der Waals surface area contributed by atoms with Gasteiger partial charge >= 0.3 is 5.97 Å². The van der Waals surface area contributed by atoms with E-state index < -0.39 is 17.6 Å². The van der Waals surface area contributed by atoms with Gasteiger partial charge in [-0.15, -0.1) is 0 Å². The number of halogens is 2. The minimum absolute atomic E-state index is 0.0643. The third-order valence-electron chi connectivity index (χ3n) is 6.05. The molecule has 0 unspecified atom stereocenters. The summed E-state index contributed by atoms with van der Waals surface area (Å²) in [5, 5.41) is 18.5. The SMILES string of the molecule is N#Cc1ccc(Cc2cccnc2-c2cccc(F)c2Cc2cc(C(=O)O)cc3[nH]cnc23)c(F)c1.